The van der Waals surface area contributed by atoms with Crippen LogP contribution in [0.15, 0.2) is 11.6 Å². The standard InChI is InChI=1S/C33H56O7/c1-18(2)7-6-8-19(3)22-9-10-23-27-24(12-14-33(22,23)5)32(4)13-11-21(15-20(32)16-25(27)35)39-31-30(38)29(37)28(36)26(17-34)40-31/h16,18-19,21-31,34-38H,6-15,17H2,1-5H3/t19-,21+,22-,23+,24+,25+,26-,27+,28+,29-,30-,31+,32+,33-/m1/s1. The van der Waals surface area contributed by atoms with Crippen LogP contribution in [0.1, 0.15) is 98.8 Å². The molecule has 1 heterocycles. The highest BCUT2D eigenvalue weighted by Gasteiger charge is 2.61. The molecular formula is C33H56O7. The predicted octanol–water partition coefficient (Wildman–Crippen LogP) is 4.18. The number of fused-ring (bicyclic) bond motifs is 5. The topological polar surface area (TPSA) is 120 Å². The Hall–Kier alpha value is -0.540. The lowest BCUT2D eigenvalue weighted by molar-refractivity contribution is -0.313. The minimum absolute atomic E-state index is 0.0292. The quantitative estimate of drug-likeness (QED) is 0.281. The molecule has 3 saturated carbocycles. The zero-order chi connectivity index (χ0) is 29.0. The molecule has 0 aromatic carbocycles. The minimum Gasteiger partial charge on any atom is -0.394 e. The lowest BCUT2D eigenvalue weighted by Crippen LogP contribution is -2.60. The van der Waals surface area contributed by atoms with Crippen molar-refractivity contribution in [2.75, 3.05) is 6.61 Å². The molecule has 5 N–H and O–H groups in total. The van der Waals surface area contributed by atoms with Crippen LogP contribution in [0.4, 0.5) is 0 Å². The summed E-state index contributed by atoms with van der Waals surface area (Å²) in [6, 6.07) is 0. The van der Waals surface area contributed by atoms with Crippen molar-refractivity contribution in [2.24, 2.45) is 46.3 Å². The summed E-state index contributed by atoms with van der Waals surface area (Å²) >= 11 is 0. The van der Waals surface area contributed by atoms with Gasteiger partial charge < -0.3 is 35.0 Å². The summed E-state index contributed by atoms with van der Waals surface area (Å²) in [7, 11) is 0. The largest absolute Gasteiger partial charge is 0.394 e. The average molecular weight is 565 g/mol. The fourth-order valence-corrected chi connectivity index (χ4v) is 10.1. The summed E-state index contributed by atoms with van der Waals surface area (Å²) in [6.45, 7) is 11.6. The molecule has 5 aliphatic rings. The SMILES string of the molecule is CC(C)CCC[C@@H](C)[C@H]1CC[C@H]2[C@@H]3[C@@H](O)C=C4C[C@@H](O[C@H]5O[C@H](CO)[C@H](O)[C@@H](O)[C@H]5O)CC[C@]4(C)[C@H]3CC[C@]12C. The van der Waals surface area contributed by atoms with Gasteiger partial charge in [-0.2, -0.15) is 0 Å². The number of hydrogen-bond acceptors (Lipinski definition) is 7. The highest BCUT2D eigenvalue weighted by atomic mass is 16.7. The maximum absolute atomic E-state index is 11.7. The molecule has 0 spiro atoms. The fourth-order valence-electron chi connectivity index (χ4n) is 10.1. The van der Waals surface area contributed by atoms with Crippen molar-refractivity contribution in [1.82, 2.24) is 0 Å². The summed E-state index contributed by atoms with van der Waals surface area (Å²) in [6.07, 6.45) is 6.47. The summed E-state index contributed by atoms with van der Waals surface area (Å²) < 4.78 is 11.8. The van der Waals surface area contributed by atoms with Crippen LogP contribution < -0.4 is 0 Å². The smallest absolute Gasteiger partial charge is 0.186 e. The van der Waals surface area contributed by atoms with Crippen molar-refractivity contribution in [2.45, 2.75) is 142 Å². The lowest BCUT2D eigenvalue weighted by Gasteiger charge is -2.59. The Morgan fingerprint density at radius 3 is 2.38 bits per heavy atom. The highest BCUT2D eigenvalue weighted by Crippen LogP contribution is 2.67. The second kappa shape index (κ2) is 11.9. The molecule has 40 heavy (non-hydrogen) atoms. The number of rotatable bonds is 8. The van der Waals surface area contributed by atoms with Crippen molar-refractivity contribution in [3.63, 3.8) is 0 Å². The summed E-state index contributed by atoms with van der Waals surface area (Å²) in [5.74, 6) is 3.59. The van der Waals surface area contributed by atoms with Gasteiger partial charge in [0.1, 0.15) is 24.4 Å². The molecule has 7 heteroatoms. The van der Waals surface area contributed by atoms with E-state index in [0.717, 1.165) is 37.0 Å². The second-order valence-electron chi connectivity index (χ2n) is 15.1. The molecule has 230 valence electrons. The maximum Gasteiger partial charge on any atom is 0.186 e. The van der Waals surface area contributed by atoms with E-state index in [1.165, 1.54) is 44.1 Å². The van der Waals surface area contributed by atoms with Crippen molar-refractivity contribution >= 4 is 0 Å². The highest BCUT2D eigenvalue weighted by molar-refractivity contribution is 5.28. The van der Waals surface area contributed by atoms with Gasteiger partial charge in [-0.25, -0.2) is 0 Å². The van der Waals surface area contributed by atoms with Crippen LogP contribution in [0.25, 0.3) is 0 Å². The molecule has 1 saturated heterocycles. The van der Waals surface area contributed by atoms with E-state index >= 15 is 0 Å². The molecule has 0 unspecified atom stereocenters. The van der Waals surface area contributed by atoms with Crippen LogP contribution in [-0.4, -0.2) is 75.1 Å². The van der Waals surface area contributed by atoms with Crippen LogP contribution in [0.2, 0.25) is 0 Å². The molecule has 0 radical (unpaired) electrons. The van der Waals surface area contributed by atoms with E-state index in [-0.39, 0.29) is 11.5 Å². The van der Waals surface area contributed by atoms with Gasteiger partial charge in [0.25, 0.3) is 0 Å². The summed E-state index contributed by atoms with van der Waals surface area (Å²) in [5.41, 5.74) is 1.59. The van der Waals surface area contributed by atoms with Gasteiger partial charge in [0.05, 0.1) is 18.8 Å². The Kier molecular flexibility index (Phi) is 9.16. The molecule has 14 atom stereocenters. The van der Waals surface area contributed by atoms with E-state index in [2.05, 4.69) is 40.7 Å². The van der Waals surface area contributed by atoms with Crippen LogP contribution in [0, 0.1) is 46.3 Å². The van der Waals surface area contributed by atoms with Crippen molar-refractivity contribution in [1.29, 1.82) is 0 Å². The van der Waals surface area contributed by atoms with Crippen LogP contribution in [-0.2, 0) is 9.47 Å². The van der Waals surface area contributed by atoms with Crippen LogP contribution in [0.3, 0.4) is 0 Å². The minimum atomic E-state index is -1.44. The van der Waals surface area contributed by atoms with Gasteiger partial charge in [-0.1, -0.05) is 65.5 Å². The van der Waals surface area contributed by atoms with Gasteiger partial charge in [-0.3, -0.25) is 0 Å². The third kappa shape index (κ3) is 5.35. The average Bonchev–Trinajstić information content (AvgIpc) is 3.26. The van der Waals surface area contributed by atoms with Gasteiger partial charge >= 0.3 is 0 Å². The molecule has 5 rings (SSSR count). The zero-order valence-electron chi connectivity index (χ0n) is 25.4. The monoisotopic (exact) mass is 564 g/mol. The van der Waals surface area contributed by atoms with E-state index in [1.807, 2.05) is 0 Å². The lowest BCUT2D eigenvalue weighted by atomic mass is 9.46. The van der Waals surface area contributed by atoms with Gasteiger partial charge in [-0.05, 0) is 91.3 Å². The van der Waals surface area contributed by atoms with Gasteiger partial charge in [0.2, 0.25) is 0 Å². The van der Waals surface area contributed by atoms with Crippen LogP contribution >= 0.6 is 0 Å². The zero-order valence-corrected chi connectivity index (χ0v) is 25.4. The first kappa shape index (κ1) is 30.9. The van der Waals surface area contributed by atoms with Crippen LogP contribution in [0.5, 0.6) is 0 Å². The van der Waals surface area contributed by atoms with E-state index in [0.29, 0.717) is 29.6 Å². The normalized spacial score (nSPS) is 49.7. The second-order valence-corrected chi connectivity index (χ2v) is 15.1. The van der Waals surface area contributed by atoms with E-state index in [1.54, 1.807) is 0 Å². The molecule has 0 bridgehead atoms. The molecular weight excluding hydrogens is 508 g/mol. The van der Waals surface area contributed by atoms with Gasteiger partial charge in [-0.15, -0.1) is 0 Å². The molecule has 7 nitrogen and oxygen atoms in total. The third-order valence-electron chi connectivity index (χ3n) is 12.5. The number of aliphatic hydroxyl groups is 5. The van der Waals surface area contributed by atoms with Gasteiger partial charge in [0, 0.05) is 0 Å². The van der Waals surface area contributed by atoms with Crippen molar-refractivity contribution in [3.8, 4) is 0 Å². The Balaban J connectivity index is 1.28. The summed E-state index contributed by atoms with van der Waals surface area (Å²) in [4.78, 5) is 0. The fraction of sp³-hybridized carbons (Fsp3) is 0.939. The molecule has 0 aromatic heterocycles. The first-order valence-corrected chi connectivity index (χ1v) is 16.3. The van der Waals surface area contributed by atoms with Gasteiger partial charge in [0.15, 0.2) is 6.29 Å². The Bertz CT molecular complexity index is 905. The maximum atomic E-state index is 11.7. The van der Waals surface area contributed by atoms with E-state index in [9.17, 15) is 25.5 Å². The van der Waals surface area contributed by atoms with E-state index in [4.69, 9.17) is 9.47 Å². The molecule has 4 aliphatic carbocycles. The number of ether oxygens (including phenoxy) is 2. The Morgan fingerprint density at radius 2 is 1.68 bits per heavy atom. The first-order chi connectivity index (χ1) is 18.9. The first-order valence-electron chi connectivity index (χ1n) is 16.3. The number of aliphatic hydroxyl groups excluding tert-OH is 5. The van der Waals surface area contributed by atoms with Crippen molar-refractivity contribution < 1.29 is 35.0 Å². The summed E-state index contributed by atoms with van der Waals surface area (Å²) in [5, 5.41) is 52.0. The predicted molar refractivity (Wildman–Crippen MR) is 153 cm³/mol. The molecule has 0 aromatic rings. The molecule has 4 fully saturated rings. The van der Waals surface area contributed by atoms with E-state index < -0.39 is 43.4 Å². The Morgan fingerprint density at radius 1 is 0.925 bits per heavy atom. The Labute approximate surface area is 241 Å². The van der Waals surface area contributed by atoms with Crippen molar-refractivity contribution in [3.05, 3.63) is 11.6 Å². The molecule has 0 amide bonds. The molecule has 1 aliphatic heterocycles. The number of hydrogen-bond donors (Lipinski definition) is 5. The third-order valence-corrected chi connectivity index (χ3v) is 12.5.